The highest BCUT2D eigenvalue weighted by Gasteiger charge is 2.25. The maximum Gasteiger partial charge on any atom is 0.389 e. The van der Waals surface area contributed by atoms with E-state index in [1.54, 1.807) is 5.40 Å². The molecule has 0 aromatic carbocycles. The molecule has 0 rings (SSSR count). The average molecular weight is 169 g/mol. The molecule has 0 aliphatic heterocycles. The second kappa shape index (κ2) is 4.45. The maximum atomic E-state index is 11.4. The Hall–Kier alpha value is -0.370. The van der Waals surface area contributed by atoms with E-state index >= 15 is 0 Å². The van der Waals surface area contributed by atoms with Gasteiger partial charge in [-0.1, -0.05) is 0 Å². The number of nitrogens with zero attached hydrogens (tertiary/aromatic N) is 1. The minimum Gasteiger partial charge on any atom is -0.185 e. The minimum atomic E-state index is -4.07. The third kappa shape index (κ3) is 7.63. The fraction of sp³-hybridized carbons (Fsp3) is 0.800. The molecule has 0 aromatic rings. The minimum absolute atomic E-state index is 0.0295. The predicted molar refractivity (Wildman–Crippen MR) is 33.4 cm³/mol. The Kier molecular flexibility index (Phi) is 4.28. The summed E-state index contributed by atoms with van der Waals surface area (Å²) in [6.07, 6.45) is -4.83. The van der Waals surface area contributed by atoms with Crippen molar-refractivity contribution in [3.05, 3.63) is 0 Å². The second-order valence-electron chi connectivity index (χ2n) is 1.66. The zero-order valence-corrected chi connectivity index (χ0v) is 5.93. The van der Waals surface area contributed by atoms with Crippen LogP contribution in [0.5, 0.6) is 0 Å². The second-order valence-corrected chi connectivity index (χ2v) is 2.54. The molecule has 0 atom stereocenters. The number of hydrogen-bond donors (Lipinski definition) is 0. The van der Waals surface area contributed by atoms with Gasteiger partial charge in [0.25, 0.3) is 0 Å². The van der Waals surface area contributed by atoms with Crippen molar-refractivity contribution in [1.29, 1.82) is 5.26 Å². The van der Waals surface area contributed by atoms with Crippen LogP contribution in [0.15, 0.2) is 0 Å². The molecule has 0 N–H and O–H groups in total. The van der Waals surface area contributed by atoms with Crippen molar-refractivity contribution >= 4 is 11.8 Å². The lowest BCUT2D eigenvalue weighted by atomic mass is 10.3. The van der Waals surface area contributed by atoms with E-state index in [-0.39, 0.29) is 12.2 Å². The molecule has 0 radical (unpaired) electrons. The van der Waals surface area contributed by atoms with Gasteiger partial charge in [0.2, 0.25) is 0 Å². The van der Waals surface area contributed by atoms with Crippen molar-refractivity contribution in [2.75, 3.05) is 5.75 Å². The molecule has 0 saturated carbocycles. The van der Waals surface area contributed by atoms with Crippen molar-refractivity contribution in [1.82, 2.24) is 0 Å². The van der Waals surface area contributed by atoms with Gasteiger partial charge >= 0.3 is 6.18 Å². The lowest BCUT2D eigenvalue weighted by Crippen LogP contribution is -2.06. The molecule has 0 fully saturated rings. The number of thioether (sulfide) groups is 1. The lowest BCUT2D eigenvalue weighted by molar-refractivity contribution is -0.134. The van der Waals surface area contributed by atoms with E-state index in [0.717, 1.165) is 11.8 Å². The van der Waals surface area contributed by atoms with Crippen molar-refractivity contribution in [3.8, 4) is 5.40 Å². The summed E-state index contributed by atoms with van der Waals surface area (Å²) in [5, 5.41) is 9.63. The van der Waals surface area contributed by atoms with E-state index in [2.05, 4.69) is 0 Å². The van der Waals surface area contributed by atoms with Crippen LogP contribution in [0.25, 0.3) is 0 Å². The fourth-order valence-electron chi connectivity index (χ4n) is 0.390. The zero-order chi connectivity index (χ0) is 8.04. The van der Waals surface area contributed by atoms with Gasteiger partial charge in [-0.05, 0) is 18.2 Å². The molecule has 10 heavy (non-hydrogen) atoms. The Morgan fingerprint density at radius 2 is 2.00 bits per heavy atom. The molecule has 5 heteroatoms. The molecule has 0 amide bonds. The van der Waals surface area contributed by atoms with Gasteiger partial charge in [0, 0.05) is 12.2 Å². The molecule has 0 aliphatic carbocycles. The highest BCUT2D eigenvalue weighted by atomic mass is 32.2. The van der Waals surface area contributed by atoms with Gasteiger partial charge < -0.3 is 0 Å². The highest BCUT2D eigenvalue weighted by molar-refractivity contribution is 8.03. The number of thiocyanates is 1. The van der Waals surface area contributed by atoms with Crippen LogP contribution in [0.4, 0.5) is 13.2 Å². The molecule has 0 aliphatic rings. The van der Waals surface area contributed by atoms with Crippen LogP contribution in [0.2, 0.25) is 0 Å². The first-order chi connectivity index (χ1) is 4.56. The Labute approximate surface area is 61.2 Å². The molecule has 0 spiro atoms. The van der Waals surface area contributed by atoms with E-state index in [1.807, 2.05) is 0 Å². The van der Waals surface area contributed by atoms with Crippen molar-refractivity contribution in [2.24, 2.45) is 0 Å². The molecular weight excluding hydrogens is 163 g/mol. The van der Waals surface area contributed by atoms with E-state index < -0.39 is 12.6 Å². The van der Waals surface area contributed by atoms with Crippen LogP contribution >= 0.6 is 11.8 Å². The molecule has 0 saturated heterocycles. The molecule has 0 aromatic heterocycles. The predicted octanol–water partition coefficient (Wildman–Crippen LogP) is 2.54. The lowest BCUT2D eigenvalue weighted by Gasteiger charge is -2.02. The SMILES string of the molecule is N#CSCCCC(F)(F)F. The molecule has 0 unspecified atom stereocenters. The molecule has 0 heterocycles. The molecule has 1 nitrogen and oxygen atoms in total. The fourth-order valence-corrected chi connectivity index (χ4v) is 0.770. The standard InChI is InChI=1S/C5H6F3NS/c6-5(7,8)2-1-3-10-4-9/h1-3H2. The zero-order valence-electron chi connectivity index (χ0n) is 5.11. The van der Waals surface area contributed by atoms with E-state index in [9.17, 15) is 13.2 Å². The van der Waals surface area contributed by atoms with Gasteiger partial charge in [0.15, 0.2) is 0 Å². The van der Waals surface area contributed by atoms with Gasteiger partial charge in [-0.15, -0.1) is 0 Å². The monoisotopic (exact) mass is 169 g/mol. The summed E-state index contributed by atoms with van der Waals surface area (Å²) in [5.74, 6) is 0.260. The molecule has 0 bridgehead atoms. The largest absolute Gasteiger partial charge is 0.389 e. The molecular formula is C5H6F3NS. The Bertz CT molecular complexity index is 126. The van der Waals surface area contributed by atoms with Gasteiger partial charge in [0.05, 0.1) is 0 Å². The van der Waals surface area contributed by atoms with Gasteiger partial charge in [-0.25, -0.2) is 0 Å². The highest BCUT2D eigenvalue weighted by Crippen LogP contribution is 2.22. The Balaban J connectivity index is 3.14. The van der Waals surface area contributed by atoms with Crippen LogP contribution in [-0.4, -0.2) is 11.9 Å². The van der Waals surface area contributed by atoms with Crippen molar-refractivity contribution < 1.29 is 13.2 Å². The number of alkyl halides is 3. The van der Waals surface area contributed by atoms with Crippen LogP contribution in [0.1, 0.15) is 12.8 Å². The summed E-state index contributed by atoms with van der Waals surface area (Å²) in [7, 11) is 0. The third-order valence-electron chi connectivity index (χ3n) is 0.771. The van der Waals surface area contributed by atoms with Crippen LogP contribution in [0.3, 0.4) is 0 Å². The van der Waals surface area contributed by atoms with Gasteiger partial charge in [-0.2, -0.15) is 18.4 Å². The normalized spacial score (nSPS) is 11.0. The van der Waals surface area contributed by atoms with Crippen molar-refractivity contribution in [2.45, 2.75) is 19.0 Å². The quantitative estimate of drug-likeness (QED) is 0.478. The molecule has 58 valence electrons. The summed E-state index contributed by atoms with van der Waals surface area (Å²) >= 11 is 0.854. The van der Waals surface area contributed by atoms with Gasteiger partial charge in [-0.3, -0.25) is 0 Å². The topological polar surface area (TPSA) is 23.8 Å². The Morgan fingerprint density at radius 1 is 1.40 bits per heavy atom. The van der Waals surface area contributed by atoms with Gasteiger partial charge in [0.1, 0.15) is 5.40 Å². The number of hydrogen-bond acceptors (Lipinski definition) is 2. The summed E-state index contributed by atoms with van der Waals surface area (Å²) in [6, 6.07) is 0. The van der Waals surface area contributed by atoms with Crippen LogP contribution in [0, 0.1) is 10.7 Å². The van der Waals surface area contributed by atoms with Crippen molar-refractivity contribution in [3.63, 3.8) is 0 Å². The number of rotatable bonds is 3. The average Bonchev–Trinajstić information content (AvgIpc) is 1.78. The maximum absolute atomic E-state index is 11.4. The van der Waals surface area contributed by atoms with E-state index in [4.69, 9.17) is 5.26 Å². The number of halogens is 3. The van der Waals surface area contributed by atoms with Crippen LogP contribution < -0.4 is 0 Å². The van der Waals surface area contributed by atoms with Crippen LogP contribution in [-0.2, 0) is 0 Å². The smallest absolute Gasteiger partial charge is 0.185 e. The first-order valence-electron chi connectivity index (χ1n) is 2.64. The summed E-state index contributed by atoms with van der Waals surface area (Å²) < 4.78 is 34.2. The summed E-state index contributed by atoms with van der Waals surface area (Å²) in [4.78, 5) is 0. The summed E-state index contributed by atoms with van der Waals surface area (Å²) in [6.45, 7) is 0. The third-order valence-corrected chi connectivity index (χ3v) is 1.39. The summed E-state index contributed by atoms with van der Waals surface area (Å²) in [5.41, 5.74) is 0. The Morgan fingerprint density at radius 3 is 2.40 bits per heavy atom. The van der Waals surface area contributed by atoms with E-state index in [1.165, 1.54) is 0 Å². The first kappa shape index (κ1) is 9.63. The van der Waals surface area contributed by atoms with E-state index in [0.29, 0.717) is 0 Å². The first-order valence-corrected chi connectivity index (χ1v) is 3.62. The number of nitriles is 1.